The molecule has 2 aromatic carbocycles. The molecule has 2 aromatic rings. The van der Waals surface area contributed by atoms with Crippen molar-refractivity contribution < 1.29 is 14.6 Å². The molecule has 3 rings (SSSR count). The SMILES string of the molecule is COC1(Cc2ccccc2-c2ccc(Cl)cc2)CCN(C(=O)O)C(C(C)(C)C)C1. The topological polar surface area (TPSA) is 49.8 Å². The van der Waals surface area contributed by atoms with Gasteiger partial charge in [-0.15, -0.1) is 0 Å². The van der Waals surface area contributed by atoms with Crippen molar-refractivity contribution in [3.8, 4) is 11.1 Å². The van der Waals surface area contributed by atoms with Gasteiger partial charge in [-0.1, -0.05) is 68.8 Å². The first-order valence-electron chi connectivity index (χ1n) is 10.0. The van der Waals surface area contributed by atoms with E-state index in [2.05, 4.69) is 32.9 Å². The lowest BCUT2D eigenvalue weighted by Crippen LogP contribution is -2.58. The van der Waals surface area contributed by atoms with E-state index in [0.717, 1.165) is 17.5 Å². The summed E-state index contributed by atoms with van der Waals surface area (Å²) in [5, 5.41) is 10.4. The third kappa shape index (κ3) is 4.76. The summed E-state index contributed by atoms with van der Waals surface area (Å²) in [6.45, 7) is 6.78. The van der Waals surface area contributed by atoms with Gasteiger partial charge < -0.3 is 14.7 Å². The molecule has 2 unspecified atom stereocenters. The molecule has 0 bridgehead atoms. The number of amides is 1. The molecule has 1 aliphatic rings. The molecule has 0 radical (unpaired) electrons. The van der Waals surface area contributed by atoms with Gasteiger partial charge in [0.05, 0.1) is 5.60 Å². The molecule has 1 fully saturated rings. The van der Waals surface area contributed by atoms with Crippen LogP contribution >= 0.6 is 11.6 Å². The Morgan fingerprint density at radius 1 is 1.21 bits per heavy atom. The van der Waals surface area contributed by atoms with E-state index < -0.39 is 11.7 Å². The van der Waals surface area contributed by atoms with Gasteiger partial charge in [0, 0.05) is 31.1 Å². The van der Waals surface area contributed by atoms with E-state index in [9.17, 15) is 9.90 Å². The lowest BCUT2D eigenvalue weighted by Gasteiger charge is -2.49. The first-order valence-corrected chi connectivity index (χ1v) is 10.4. The predicted molar refractivity (Wildman–Crippen MR) is 118 cm³/mol. The van der Waals surface area contributed by atoms with Crippen LogP contribution in [-0.2, 0) is 11.2 Å². The zero-order valence-corrected chi connectivity index (χ0v) is 18.4. The Labute approximate surface area is 178 Å². The number of halogens is 1. The van der Waals surface area contributed by atoms with Crippen molar-refractivity contribution in [2.24, 2.45) is 5.41 Å². The Bertz CT molecular complexity index is 859. The van der Waals surface area contributed by atoms with Crippen LogP contribution in [0.5, 0.6) is 0 Å². The van der Waals surface area contributed by atoms with E-state index in [1.165, 1.54) is 5.56 Å². The summed E-state index contributed by atoms with van der Waals surface area (Å²) in [4.78, 5) is 13.4. The molecule has 1 N–H and O–H groups in total. The number of benzene rings is 2. The van der Waals surface area contributed by atoms with Gasteiger partial charge in [0.15, 0.2) is 0 Å². The molecule has 1 heterocycles. The van der Waals surface area contributed by atoms with E-state index >= 15 is 0 Å². The number of methoxy groups -OCH3 is 1. The summed E-state index contributed by atoms with van der Waals surface area (Å²) in [7, 11) is 1.75. The van der Waals surface area contributed by atoms with Crippen LogP contribution in [0.15, 0.2) is 48.5 Å². The Morgan fingerprint density at radius 2 is 1.86 bits per heavy atom. The second-order valence-corrected chi connectivity index (χ2v) is 9.48. The quantitative estimate of drug-likeness (QED) is 0.654. The molecule has 5 heteroatoms. The van der Waals surface area contributed by atoms with Crippen molar-refractivity contribution in [2.45, 2.75) is 51.7 Å². The van der Waals surface area contributed by atoms with Crippen LogP contribution in [0.4, 0.5) is 4.79 Å². The molecule has 0 aliphatic carbocycles. The maximum atomic E-state index is 11.8. The van der Waals surface area contributed by atoms with Crippen molar-refractivity contribution in [3.63, 3.8) is 0 Å². The summed E-state index contributed by atoms with van der Waals surface area (Å²) >= 11 is 6.06. The molecule has 29 heavy (non-hydrogen) atoms. The number of likely N-dealkylation sites (tertiary alicyclic amines) is 1. The summed E-state index contributed by atoms with van der Waals surface area (Å²) < 4.78 is 6.11. The van der Waals surface area contributed by atoms with Gasteiger partial charge in [0.1, 0.15) is 0 Å². The average molecular weight is 416 g/mol. The average Bonchev–Trinajstić information content (AvgIpc) is 2.68. The Balaban J connectivity index is 1.94. The second-order valence-electron chi connectivity index (χ2n) is 9.04. The molecule has 2 atom stereocenters. The predicted octanol–water partition coefficient (Wildman–Crippen LogP) is 6.12. The van der Waals surface area contributed by atoms with Gasteiger partial charge in [-0.25, -0.2) is 4.79 Å². The minimum atomic E-state index is -0.851. The van der Waals surface area contributed by atoms with Crippen LogP contribution in [0.25, 0.3) is 11.1 Å². The van der Waals surface area contributed by atoms with Gasteiger partial charge >= 0.3 is 6.09 Å². The van der Waals surface area contributed by atoms with E-state index in [-0.39, 0.29) is 11.5 Å². The number of piperidine rings is 1. The number of carboxylic acid groups (broad SMARTS) is 1. The summed E-state index contributed by atoms with van der Waals surface area (Å²) in [6.07, 6.45) is 1.24. The van der Waals surface area contributed by atoms with Gasteiger partial charge in [-0.05, 0) is 47.1 Å². The highest BCUT2D eigenvalue weighted by molar-refractivity contribution is 6.30. The number of ether oxygens (including phenoxy) is 1. The summed E-state index contributed by atoms with van der Waals surface area (Å²) in [5.74, 6) is 0. The number of rotatable bonds is 4. The molecule has 0 spiro atoms. The lowest BCUT2D eigenvalue weighted by atomic mass is 9.72. The fraction of sp³-hybridized carbons (Fsp3) is 0.458. The Hall–Kier alpha value is -2.04. The Morgan fingerprint density at radius 3 is 2.45 bits per heavy atom. The van der Waals surface area contributed by atoms with Crippen molar-refractivity contribution in [2.75, 3.05) is 13.7 Å². The number of hydrogen-bond acceptors (Lipinski definition) is 2. The standard InChI is InChI=1S/C24H30ClNO3/c1-23(2,3)21-16-24(29-4,13-14-26(21)22(27)28)15-18-7-5-6-8-20(18)17-9-11-19(25)12-10-17/h5-12,21H,13-16H2,1-4H3,(H,27,28). The number of hydrogen-bond donors (Lipinski definition) is 1. The van der Waals surface area contributed by atoms with Crippen molar-refractivity contribution in [3.05, 3.63) is 59.1 Å². The zero-order chi connectivity index (χ0) is 21.2. The first kappa shape index (κ1) is 21.7. The normalized spacial score (nSPS) is 22.5. The van der Waals surface area contributed by atoms with Crippen molar-refractivity contribution >= 4 is 17.7 Å². The van der Waals surface area contributed by atoms with E-state index in [1.54, 1.807) is 12.0 Å². The molecule has 1 amide bonds. The minimum absolute atomic E-state index is 0.101. The van der Waals surface area contributed by atoms with Crippen LogP contribution in [0.1, 0.15) is 39.2 Å². The molecule has 4 nitrogen and oxygen atoms in total. The summed E-state index contributed by atoms with van der Waals surface area (Å²) in [5.41, 5.74) is 2.92. The van der Waals surface area contributed by atoms with Gasteiger partial charge in [0.2, 0.25) is 0 Å². The highest BCUT2D eigenvalue weighted by atomic mass is 35.5. The van der Waals surface area contributed by atoms with Gasteiger partial charge in [-0.3, -0.25) is 0 Å². The van der Waals surface area contributed by atoms with Crippen LogP contribution in [0, 0.1) is 5.41 Å². The number of carbonyl (C=O) groups is 1. The minimum Gasteiger partial charge on any atom is -0.465 e. The van der Waals surface area contributed by atoms with Crippen LogP contribution in [0.2, 0.25) is 5.02 Å². The zero-order valence-electron chi connectivity index (χ0n) is 17.6. The van der Waals surface area contributed by atoms with Crippen LogP contribution in [0.3, 0.4) is 0 Å². The molecule has 1 aliphatic heterocycles. The summed E-state index contributed by atoms with van der Waals surface area (Å²) in [6, 6.07) is 16.1. The highest BCUT2D eigenvalue weighted by Gasteiger charge is 2.46. The van der Waals surface area contributed by atoms with E-state index in [0.29, 0.717) is 24.4 Å². The van der Waals surface area contributed by atoms with E-state index in [4.69, 9.17) is 16.3 Å². The molecule has 1 saturated heterocycles. The number of nitrogens with zero attached hydrogens (tertiary/aromatic N) is 1. The maximum Gasteiger partial charge on any atom is 0.407 e. The fourth-order valence-electron chi connectivity index (χ4n) is 4.40. The monoisotopic (exact) mass is 415 g/mol. The first-order chi connectivity index (χ1) is 13.6. The smallest absolute Gasteiger partial charge is 0.407 e. The fourth-order valence-corrected chi connectivity index (χ4v) is 4.52. The molecular weight excluding hydrogens is 386 g/mol. The van der Waals surface area contributed by atoms with Crippen molar-refractivity contribution in [1.82, 2.24) is 4.90 Å². The Kier molecular flexibility index (Phi) is 6.25. The largest absolute Gasteiger partial charge is 0.465 e. The van der Waals surface area contributed by atoms with Crippen molar-refractivity contribution in [1.29, 1.82) is 0 Å². The van der Waals surface area contributed by atoms with Crippen LogP contribution < -0.4 is 0 Å². The molecular formula is C24H30ClNO3. The molecule has 156 valence electrons. The second kappa shape index (κ2) is 8.37. The molecule has 0 aromatic heterocycles. The molecule has 0 saturated carbocycles. The third-order valence-corrected chi connectivity index (χ3v) is 6.37. The van der Waals surface area contributed by atoms with E-state index in [1.807, 2.05) is 36.4 Å². The van der Waals surface area contributed by atoms with Gasteiger partial charge in [0.25, 0.3) is 0 Å². The van der Waals surface area contributed by atoms with Gasteiger partial charge in [-0.2, -0.15) is 0 Å². The van der Waals surface area contributed by atoms with Crippen LogP contribution in [-0.4, -0.2) is 41.4 Å². The lowest BCUT2D eigenvalue weighted by molar-refractivity contribution is -0.0886. The highest BCUT2D eigenvalue weighted by Crippen LogP contribution is 2.41. The third-order valence-electron chi connectivity index (χ3n) is 6.11. The maximum absolute atomic E-state index is 11.8.